The molecule has 0 aliphatic carbocycles. The molecule has 0 saturated heterocycles. The van der Waals surface area contributed by atoms with Crippen molar-refractivity contribution in [1.29, 1.82) is 0 Å². The molecule has 5 heteroatoms. The van der Waals surface area contributed by atoms with Crippen LogP contribution in [0.2, 0.25) is 0 Å². The molecule has 0 N–H and O–H groups in total. The summed E-state index contributed by atoms with van der Waals surface area (Å²) >= 11 is 1.55. The lowest BCUT2D eigenvalue weighted by Gasteiger charge is -2.05. The van der Waals surface area contributed by atoms with Gasteiger partial charge >= 0.3 is 0 Å². The maximum atomic E-state index is 10.9. The van der Waals surface area contributed by atoms with Crippen LogP contribution in [0.15, 0.2) is 53.4 Å². The number of benzene rings is 2. The van der Waals surface area contributed by atoms with E-state index in [-0.39, 0.29) is 10.6 Å². The van der Waals surface area contributed by atoms with E-state index in [1.54, 1.807) is 31.0 Å². The van der Waals surface area contributed by atoms with Crippen LogP contribution in [0.25, 0.3) is 0 Å². The first kappa shape index (κ1) is 13.4. The van der Waals surface area contributed by atoms with Crippen LogP contribution in [0, 0.1) is 10.1 Å². The third-order valence-electron chi connectivity index (χ3n) is 2.62. The quantitative estimate of drug-likeness (QED) is 0.472. The second-order valence-corrected chi connectivity index (χ2v) is 4.90. The lowest BCUT2D eigenvalue weighted by atomic mass is 10.2. The largest absolute Gasteiger partial charge is 0.497 e. The van der Waals surface area contributed by atoms with Crippen LogP contribution in [0.5, 0.6) is 5.75 Å². The molecule has 0 amide bonds. The minimum Gasteiger partial charge on any atom is -0.497 e. The number of hydrogen-bond acceptors (Lipinski definition) is 4. The third-order valence-corrected chi connectivity index (χ3v) is 3.67. The number of para-hydroxylation sites is 1. The standard InChI is InChI=1S/C14H13NO3S/c1-18-12-6-4-7-13(9-12)19-10-11-5-2-3-8-14(11)15(16)17/h2-9H,10H2,1H3. The van der Waals surface area contributed by atoms with Gasteiger partial charge in [-0.05, 0) is 18.2 Å². The van der Waals surface area contributed by atoms with Crippen molar-refractivity contribution in [2.24, 2.45) is 0 Å². The van der Waals surface area contributed by atoms with Crippen LogP contribution in [-0.4, -0.2) is 12.0 Å². The molecule has 2 rings (SSSR count). The highest BCUT2D eigenvalue weighted by Crippen LogP contribution is 2.29. The number of rotatable bonds is 5. The van der Waals surface area contributed by atoms with E-state index in [1.165, 1.54) is 6.07 Å². The maximum absolute atomic E-state index is 10.9. The number of nitro benzene ring substituents is 1. The van der Waals surface area contributed by atoms with Gasteiger partial charge in [-0.15, -0.1) is 11.8 Å². The molecule has 0 radical (unpaired) electrons. The summed E-state index contributed by atoms with van der Waals surface area (Å²) in [6.45, 7) is 0. The highest BCUT2D eigenvalue weighted by molar-refractivity contribution is 7.98. The molecule has 0 aliphatic heterocycles. The smallest absolute Gasteiger partial charge is 0.273 e. The summed E-state index contributed by atoms with van der Waals surface area (Å²) in [6.07, 6.45) is 0. The van der Waals surface area contributed by atoms with Crippen molar-refractivity contribution in [1.82, 2.24) is 0 Å². The number of ether oxygens (including phenoxy) is 1. The highest BCUT2D eigenvalue weighted by Gasteiger charge is 2.12. The topological polar surface area (TPSA) is 52.4 Å². The minimum absolute atomic E-state index is 0.165. The Morgan fingerprint density at radius 2 is 2.00 bits per heavy atom. The van der Waals surface area contributed by atoms with E-state index < -0.39 is 0 Å². The van der Waals surface area contributed by atoms with Gasteiger partial charge in [-0.1, -0.05) is 24.3 Å². The lowest BCUT2D eigenvalue weighted by Crippen LogP contribution is -1.93. The monoisotopic (exact) mass is 275 g/mol. The Morgan fingerprint density at radius 1 is 1.21 bits per heavy atom. The molecule has 0 aromatic heterocycles. The predicted molar refractivity (Wildman–Crippen MR) is 75.7 cm³/mol. The van der Waals surface area contributed by atoms with Gasteiger partial charge in [-0.2, -0.15) is 0 Å². The van der Waals surface area contributed by atoms with Crippen molar-refractivity contribution in [3.63, 3.8) is 0 Å². The fraction of sp³-hybridized carbons (Fsp3) is 0.143. The molecule has 2 aromatic rings. The summed E-state index contributed by atoms with van der Waals surface area (Å²) < 4.78 is 5.15. The van der Waals surface area contributed by atoms with E-state index in [0.29, 0.717) is 5.75 Å². The van der Waals surface area contributed by atoms with Crippen LogP contribution in [0.1, 0.15) is 5.56 Å². The van der Waals surface area contributed by atoms with Crippen molar-refractivity contribution in [2.75, 3.05) is 7.11 Å². The van der Waals surface area contributed by atoms with Gasteiger partial charge in [0.15, 0.2) is 0 Å². The number of methoxy groups -OCH3 is 1. The Kier molecular flexibility index (Phi) is 4.41. The molecule has 0 saturated carbocycles. The van der Waals surface area contributed by atoms with E-state index in [0.717, 1.165) is 16.2 Å². The Bertz CT molecular complexity index is 586. The first-order valence-corrected chi connectivity index (χ1v) is 6.68. The highest BCUT2D eigenvalue weighted by atomic mass is 32.2. The Labute approximate surface area is 115 Å². The first-order chi connectivity index (χ1) is 9.20. The summed E-state index contributed by atoms with van der Waals surface area (Å²) in [5, 5.41) is 10.9. The van der Waals surface area contributed by atoms with Gasteiger partial charge < -0.3 is 4.74 Å². The normalized spacial score (nSPS) is 10.2. The van der Waals surface area contributed by atoms with Crippen LogP contribution in [0.4, 0.5) is 5.69 Å². The molecule has 19 heavy (non-hydrogen) atoms. The summed E-state index contributed by atoms with van der Waals surface area (Å²) in [4.78, 5) is 11.6. The molecule has 0 unspecified atom stereocenters. The molecule has 0 bridgehead atoms. The zero-order valence-corrected chi connectivity index (χ0v) is 11.2. The number of thioether (sulfide) groups is 1. The lowest BCUT2D eigenvalue weighted by molar-refractivity contribution is -0.385. The second-order valence-electron chi connectivity index (χ2n) is 3.85. The van der Waals surface area contributed by atoms with Crippen molar-refractivity contribution in [2.45, 2.75) is 10.6 Å². The van der Waals surface area contributed by atoms with Crippen molar-refractivity contribution in [3.05, 3.63) is 64.2 Å². The number of hydrogen-bond donors (Lipinski definition) is 0. The number of nitro groups is 1. The molecule has 0 heterocycles. The minimum atomic E-state index is -0.346. The van der Waals surface area contributed by atoms with Gasteiger partial charge in [0.25, 0.3) is 5.69 Å². The zero-order chi connectivity index (χ0) is 13.7. The summed E-state index contributed by atoms with van der Waals surface area (Å²) in [5.74, 6) is 1.34. The maximum Gasteiger partial charge on any atom is 0.273 e. The van der Waals surface area contributed by atoms with Gasteiger partial charge in [0.1, 0.15) is 5.75 Å². The van der Waals surface area contributed by atoms with Gasteiger partial charge in [0.2, 0.25) is 0 Å². The predicted octanol–water partition coefficient (Wildman–Crippen LogP) is 3.90. The van der Waals surface area contributed by atoms with E-state index in [1.807, 2.05) is 30.3 Å². The van der Waals surface area contributed by atoms with E-state index in [9.17, 15) is 10.1 Å². The molecule has 0 fully saturated rings. The zero-order valence-electron chi connectivity index (χ0n) is 10.4. The molecule has 4 nitrogen and oxygen atoms in total. The van der Waals surface area contributed by atoms with E-state index >= 15 is 0 Å². The molecular weight excluding hydrogens is 262 g/mol. The van der Waals surface area contributed by atoms with Crippen LogP contribution >= 0.6 is 11.8 Å². The van der Waals surface area contributed by atoms with Crippen LogP contribution in [-0.2, 0) is 5.75 Å². The summed E-state index contributed by atoms with van der Waals surface area (Å²) in [7, 11) is 1.62. The van der Waals surface area contributed by atoms with Crippen molar-refractivity contribution < 1.29 is 9.66 Å². The van der Waals surface area contributed by atoms with Crippen molar-refractivity contribution in [3.8, 4) is 5.75 Å². The van der Waals surface area contributed by atoms with Gasteiger partial charge in [-0.3, -0.25) is 10.1 Å². The average molecular weight is 275 g/mol. The van der Waals surface area contributed by atoms with E-state index in [2.05, 4.69) is 0 Å². The molecule has 2 aromatic carbocycles. The van der Waals surface area contributed by atoms with Crippen LogP contribution < -0.4 is 4.74 Å². The van der Waals surface area contributed by atoms with Gasteiger partial charge in [0.05, 0.1) is 12.0 Å². The Hall–Kier alpha value is -2.01. The average Bonchev–Trinajstić information content (AvgIpc) is 2.45. The van der Waals surface area contributed by atoms with Crippen LogP contribution in [0.3, 0.4) is 0 Å². The fourth-order valence-corrected chi connectivity index (χ4v) is 2.60. The number of nitrogens with zero attached hydrogens (tertiary/aromatic N) is 1. The van der Waals surface area contributed by atoms with Gasteiger partial charge in [0, 0.05) is 22.3 Å². The fourth-order valence-electron chi connectivity index (χ4n) is 1.66. The first-order valence-electron chi connectivity index (χ1n) is 5.70. The second kappa shape index (κ2) is 6.24. The molecule has 98 valence electrons. The van der Waals surface area contributed by atoms with E-state index in [4.69, 9.17) is 4.74 Å². The molecular formula is C14H13NO3S. The third kappa shape index (κ3) is 3.48. The van der Waals surface area contributed by atoms with Crippen molar-refractivity contribution >= 4 is 17.4 Å². The summed E-state index contributed by atoms with van der Waals surface area (Å²) in [5.41, 5.74) is 0.887. The molecule has 0 aliphatic rings. The SMILES string of the molecule is COc1cccc(SCc2ccccc2[N+](=O)[O-])c1. The molecule has 0 spiro atoms. The molecule has 0 atom stereocenters. The van der Waals surface area contributed by atoms with Gasteiger partial charge in [-0.25, -0.2) is 0 Å². The Morgan fingerprint density at radius 3 is 2.74 bits per heavy atom. The summed E-state index contributed by atoms with van der Waals surface area (Å²) in [6, 6.07) is 14.5. The Balaban J connectivity index is 2.12.